The van der Waals surface area contributed by atoms with E-state index in [-0.39, 0.29) is 5.54 Å². The highest BCUT2D eigenvalue weighted by atomic mass is 15.2. The third-order valence-corrected chi connectivity index (χ3v) is 2.24. The Labute approximate surface area is 102 Å². The molecule has 0 saturated heterocycles. The Balaban J connectivity index is 2.19. The highest BCUT2D eigenvalue weighted by Crippen LogP contribution is 2.17. The van der Waals surface area contributed by atoms with Crippen LogP contribution >= 0.6 is 0 Å². The zero-order valence-corrected chi connectivity index (χ0v) is 10.4. The Bertz CT molecular complexity index is 469. The molecule has 0 radical (unpaired) electrons. The molecule has 2 aromatic rings. The van der Waals surface area contributed by atoms with Gasteiger partial charge in [0, 0.05) is 11.1 Å². The number of aromatic nitrogens is 2. The van der Waals surface area contributed by atoms with Gasteiger partial charge in [-0.05, 0) is 32.9 Å². The summed E-state index contributed by atoms with van der Waals surface area (Å²) in [7, 11) is 0. The van der Waals surface area contributed by atoms with Crippen LogP contribution in [0.4, 0.5) is 5.82 Å². The first-order valence-corrected chi connectivity index (χ1v) is 5.72. The van der Waals surface area contributed by atoms with Crippen molar-refractivity contribution in [3.05, 3.63) is 42.5 Å². The molecule has 1 N–H and O–H groups in total. The third-order valence-electron chi connectivity index (χ3n) is 2.24. The number of benzene rings is 1. The highest BCUT2D eigenvalue weighted by Gasteiger charge is 2.10. The molecule has 0 aliphatic heterocycles. The zero-order valence-electron chi connectivity index (χ0n) is 10.4. The van der Waals surface area contributed by atoms with Crippen molar-refractivity contribution in [2.45, 2.75) is 26.3 Å². The van der Waals surface area contributed by atoms with Crippen molar-refractivity contribution < 1.29 is 0 Å². The summed E-state index contributed by atoms with van der Waals surface area (Å²) in [6.45, 7) is 6.29. The molecule has 88 valence electrons. The van der Waals surface area contributed by atoms with Gasteiger partial charge in [0.05, 0.1) is 5.69 Å². The van der Waals surface area contributed by atoms with Crippen molar-refractivity contribution in [2.75, 3.05) is 5.32 Å². The van der Waals surface area contributed by atoms with Gasteiger partial charge in [-0.15, -0.1) is 10.2 Å². The van der Waals surface area contributed by atoms with Gasteiger partial charge >= 0.3 is 0 Å². The van der Waals surface area contributed by atoms with Crippen molar-refractivity contribution in [2.24, 2.45) is 0 Å². The molecule has 0 saturated carbocycles. The van der Waals surface area contributed by atoms with Gasteiger partial charge in [0.1, 0.15) is 5.82 Å². The lowest BCUT2D eigenvalue weighted by molar-refractivity contribution is 0.628. The number of nitrogens with zero attached hydrogens (tertiary/aromatic N) is 2. The van der Waals surface area contributed by atoms with Crippen LogP contribution in [-0.2, 0) is 0 Å². The fraction of sp³-hybridized carbons (Fsp3) is 0.286. The van der Waals surface area contributed by atoms with Gasteiger partial charge in [-0.2, -0.15) is 0 Å². The molecular weight excluding hydrogens is 210 g/mol. The maximum absolute atomic E-state index is 4.22. The zero-order chi connectivity index (χ0) is 12.3. The molecule has 0 fully saturated rings. The predicted molar refractivity (Wildman–Crippen MR) is 70.8 cm³/mol. The normalized spacial score (nSPS) is 11.2. The Morgan fingerprint density at radius 3 is 2.12 bits per heavy atom. The van der Waals surface area contributed by atoms with Crippen molar-refractivity contribution in [1.82, 2.24) is 10.2 Å². The van der Waals surface area contributed by atoms with Crippen molar-refractivity contribution in [3.63, 3.8) is 0 Å². The van der Waals surface area contributed by atoms with Gasteiger partial charge in [-0.1, -0.05) is 30.3 Å². The molecule has 0 unspecified atom stereocenters. The molecule has 2 rings (SSSR count). The molecule has 0 aliphatic rings. The molecule has 3 nitrogen and oxygen atoms in total. The third kappa shape index (κ3) is 3.28. The summed E-state index contributed by atoms with van der Waals surface area (Å²) in [6, 6.07) is 14.0. The number of nitrogens with one attached hydrogen (secondary N) is 1. The van der Waals surface area contributed by atoms with Crippen LogP contribution in [0.1, 0.15) is 20.8 Å². The minimum atomic E-state index is 0.00292. The van der Waals surface area contributed by atoms with E-state index in [1.165, 1.54) is 0 Å². The van der Waals surface area contributed by atoms with E-state index < -0.39 is 0 Å². The van der Waals surface area contributed by atoms with Crippen LogP contribution in [0.3, 0.4) is 0 Å². The molecule has 1 aromatic heterocycles. The molecule has 3 heteroatoms. The van der Waals surface area contributed by atoms with Gasteiger partial charge in [0.25, 0.3) is 0 Å². The number of hydrogen-bond acceptors (Lipinski definition) is 3. The first kappa shape index (κ1) is 11.6. The van der Waals surface area contributed by atoms with Crippen molar-refractivity contribution in [1.29, 1.82) is 0 Å². The van der Waals surface area contributed by atoms with Gasteiger partial charge in [0.15, 0.2) is 0 Å². The molecule has 0 aliphatic carbocycles. The van der Waals surface area contributed by atoms with Gasteiger partial charge in [0.2, 0.25) is 0 Å². The largest absolute Gasteiger partial charge is 0.364 e. The minimum absolute atomic E-state index is 0.00292. The molecule has 0 spiro atoms. The maximum Gasteiger partial charge on any atom is 0.149 e. The van der Waals surface area contributed by atoms with Crippen molar-refractivity contribution in [3.8, 4) is 11.3 Å². The second kappa shape index (κ2) is 4.53. The summed E-state index contributed by atoms with van der Waals surface area (Å²) >= 11 is 0. The standard InChI is InChI=1S/C14H17N3/c1-14(2,3)15-13-10-9-12(16-17-13)11-7-5-4-6-8-11/h4-10H,1-3H3,(H,15,17). The van der Waals surface area contributed by atoms with Crippen LogP contribution in [-0.4, -0.2) is 15.7 Å². The maximum atomic E-state index is 4.22. The SMILES string of the molecule is CC(C)(C)Nc1ccc(-c2ccccc2)nn1. The van der Waals surface area contributed by atoms with Crippen LogP contribution in [0, 0.1) is 0 Å². The lowest BCUT2D eigenvalue weighted by atomic mass is 10.1. The Morgan fingerprint density at radius 2 is 1.59 bits per heavy atom. The molecule has 1 aromatic carbocycles. The summed E-state index contributed by atoms with van der Waals surface area (Å²) in [5, 5.41) is 11.7. The second-order valence-corrected chi connectivity index (χ2v) is 5.04. The Kier molecular flexibility index (Phi) is 3.09. The minimum Gasteiger partial charge on any atom is -0.364 e. The van der Waals surface area contributed by atoms with E-state index in [9.17, 15) is 0 Å². The van der Waals surface area contributed by atoms with E-state index in [2.05, 4.69) is 36.3 Å². The van der Waals surface area contributed by atoms with Crippen molar-refractivity contribution >= 4 is 5.82 Å². The van der Waals surface area contributed by atoms with Crippen LogP contribution in [0.2, 0.25) is 0 Å². The summed E-state index contributed by atoms with van der Waals surface area (Å²) < 4.78 is 0. The molecule has 17 heavy (non-hydrogen) atoms. The van der Waals surface area contributed by atoms with Crippen LogP contribution in [0.25, 0.3) is 11.3 Å². The quantitative estimate of drug-likeness (QED) is 0.855. The lowest BCUT2D eigenvalue weighted by Crippen LogP contribution is -2.26. The fourth-order valence-electron chi connectivity index (χ4n) is 1.55. The van der Waals surface area contributed by atoms with Gasteiger partial charge in [-0.25, -0.2) is 0 Å². The van der Waals surface area contributed by atoms with Gasteiger partial charge < -0.3 is 5.32 Å². The molecule has 1 heterocycles. The lowest BCUT2D eigenvalue weighted by Gasteiger charge is -2.20. The van der Waals surface area contributed by atoms with E-state index in [0.29, 0.717) is 0 Å². The number of rotatable bonds is 2. The average molecular weight is 227 g/mol. The van der Waals surface area contributed by atoms with Crippen LogP contribution in [0.15, 0.2) is 42.5 Å². The monoisotopic (exact) mass is 227 g/mol. The second-order valence-electron chi connectivity index (χ2n) is 5.04. The summed E-state index contributed by atoms with van der Waals surface area (Å²) in [6.07, 6.45) is 0. The Morgan fingerprint density at radius 1 is 0.882 bits per heavy atom. The average Bonchev–Trinajstić information content (AvgIpc) is 2.29. The van der Waals surface area contributed by atoms with Crippen LogP contribution < -0.4 is 5.32 Å². The summed E-state index contributed by atoms with van der Waals surface area (Å²) in [5.74, 6) is 0.803. The van der Waals surface area contributed by atoms with Gasteiger partial charge in [-0.3, -0.25) is 0 Å². The molecule has 0 atom stereocenters. The Hall–Kier alpha value is -1.90. The molecule has 0 bridgehead atoms. The van der Waals surface area contributed by atoms with E-state index in [1.807, 2.05) is 42.5 Å². The highest BCUT2D eigenvalue weighted by molar-refractivity contribution is 5.59. The van der Waals surface area contributed by atoms with Crippen LogP contribution in [0.5, 0.6) is 0 Å². The first-order valence-electron chi connectivity index (χ1n) is 5.72. The summed E-state index contributed by atoms with van der Waals surface area (Å²) in [5.41, 5.74) is 1.98. The fourth-order valence-corrected chi connectivity index (χ4v) is 1.55. The van der Waals surface area contributed by atoms with E-state index in [4.69, 9.17) is 0 Å². The molecular formula is C14H17N3. The number of hydrogen-bond donors (Lipinski definition) is 1. The topological polar surface area (TPSA) is 37.8 Å². The summed E-state index contributed by atoms with van der Waals surface area (Å²) in [4.78, 5) is 0. The van der Waals surface area contributed by atoms with E-state index >= 15 is 0 Å². The predicted octanol–water partition coefficient (Wildman–Crippen LogP) is 3.35. The van der Waals surface area contributed by atoms with E-state index in [0.717, 1.165) is 17.1 Å². The first-order chi connectivity index (χ1) is 8.04. The van der Waals surface area contributed by atoms with E-state index in [1.54, 1.807) is 0 Å². The number of anilines is 1. The smallest absolute Gasteiger partial charge is 0.149 e. The molecule has 0 amide bonds.